The fourth-order valence-electron chi connectivity index (χ4n) is 4.17. The summed E-state index contributed by atoms with van der Waals surface area (Å²) in [4.78, 5) is 18.7. The van der Waals surface area contributed by atoms with E-state index in [9.17, 15) is 9.18 Å². The minimum Gasteiger partial charge on any atom is -0.494 e. The second-order valence-corrected chi connectivity index (χ2v) is 9.72. The maximum atomic E-state index is 14.0. The Morgan fingerprint density at radius 1 is 1.38 bits per heavy atom. The average molecular weight is 476 g/mol. The van der Waals surface area contributed by atoms with Gasteiger partial charge in [-0.25, -0.2) is 4.39 Å². The zero-order valence-corrected chi connectivity index (χ0v) is 20.8. The number of halogens is 1. The Bertz CT molecular complexity index is 935. The molecule has 9 heteroatoms. The number of nitrogens with one attached hydrogen (secondary N) is 1. The number of anilines is 1. The second kappa shape index (κ2) is 11.6. The molecule has 34 heavy (non-hydrogen) atoms. The summed E-state index contributed by atoms with van der Waals surface area (Å²) in [5.74, 6) is 1.81. The minimum atomic E-state index is -1.63. The minimum absolute atomic E-state index is 0.0202. The Kier molecular flexibility index (Phi) is 8.88. The van der Waals surface area contributed by atoms with Gasteiger partial charge in [-0.05, 0) is 101 Å². The van der Waals surface area contributed by atoms with E-state index >= 15 is 0 Å². The molecule has 1 unspecified atom stereocenters. The van der Waals surface area contributed by atoms with Crippen molar-refractivity contribution in [3.8, 4) is 5.75 Å². The quantitative estimate of drug-likeness (QED) is 0.471. The molecule has 1 aromatic carbocycles. The van der Waals surface area contributed by atoms with Crippen LogP contribution in [-0.4, -0.2) is 48.3 Å². The molecule has 3 N–H and O–H groups in total. The molecule has 0 saturated carbocycles. The van der Waals surface area contributed by atoms with Gasteiger partial charge in [-0.15, -0.1) is 0 Å². The van der Waals surface area contributed by atoms with Gasteiger partial charge in [0, 0.05) is 24.7 Å². The molecule has 1 amide bonds. The van der Waals surface area contributed by atoms with Crippen molar-refractivity contribution in [3.63, 3.8) is 0 Å². The molecule has 1 aliphatic rings. The number of hydrogen-bond donors (Lipinski definition) is 2. The van der Waals surface area contributed by atoms with E-state index in [1.54, 1.807) is 0 Å². The third kappa shape index (κ3) is 7.16. The molecule has 2 heterocycles. The molecule has 1 saturated heterocycles. The predicted molar refractivity (Wildman–Crippen MR) is 130 cm³/mol. The summed E-state index contributed by atoms with van der Waals surface area (Å²) in [6.07, 6.45) is 4.87. The Hall–Kier alpha value is -2.68. The van der Waals surface area contributed by atoms with Gasteiger partial charge in [-0.1, -0.05) is 0 Å². The fourth-order valence-corrected chi connectivity index (χ4v) is 4.17. The van der Waals surface area contributed by atoms with Crippen LogP contribution in [0.4, 0.5) is 10.3 Å². The number of nitrogens with two attached hydrogens (primary N) is 1. The number of aromatic nitrogens is 2. The maximum absolute atomic E-state index is 14.0. The number of alkyl halides is 1. The molecule has 0 aliphatic carbocycles. The van der Waals surface area contributed by atoms with Crippen molar-refractivity contribution >= 4 is 11.9 Å². The molecule has 0 radical (unpaired) electrons. The molecule has 1 aliphatic heterocycles. The highest BCUT2D eigenvalue weighted by atomic mass is 19.1. The summed E-state index contributed by atoms with van der Waals surface area (Å²) in [6, 6.07) is 5.63. The Morgan fingerprint density at radius 3 is 2.74 bits per heavy atom. The Morgan fingerprint density at radius 2 is 2.12 bits per heavy atom. The molecular formula is C25H38FN5O3. The van der Waals surface area contributed by atoms with E-state index in [-0.39, 0.29) is 17.8 Å². The highest BCUT2D eigenvalue weighted by Gasteiger charge is 2.29. The Labute approximate surface area is 201 Å². The van der Waals surface area contributed by atoms with Gasteiger partial charge in [-0.3, -0.25) is 4.79 Å². The van der Waals surface area contributed by atoms with Gasteiger partial charge in [0.2, 0.25) is 0 Å². The number of rotatable bonds is 11. The lowest BCUT2D eigenvalue weighted by Gasteiger charge is -2.30. The molecule has 2 aromatic rings. The molecule has 1 aromatic heterocycles. The zero-order chi connectivity index (χ0) is 24.7. The molecular weight excluding hydrogens is 437 g/mol. The van der Waals surface area contributed by atoms with Crippen LogP contribution in [0.2, 0.25) is 0 Å². The summed E-state index contributed by atoms with van der Waals surface area (Å²) >= 11 is 0. The second-order valence-electron chi connectivity index (χ2n) is 9.72. The number of piperidine rings is 1. The number of carbonyl (C=O) groups is 1. The summed E-state index contributed by atoms with van der Waals surface area (Å²) in [6.45, 7) is 9.56. The summed E-state index contributed by atoms with van der Waals surface area (Å²) in [7, 11) is 0. The Balaban J connectivity index is 1.38. The number of nitrogens with zero attached hydrogens (tertiary/aromatic N) is 3. The molecule has 3 rings (SSSR count). The third-order valence-corrected chi connectivity index (χ3v) is 6.27. The summed E-state index contributed by atoms with van der Waals surface area (Å²) in [5.41, 5.74) is 5.48. The number of carbonyl (C=O) groups excluding carboxylic acids is 1. The van der Waals surface area contributed by atoms with Crippen LogP contribution in [0.5, 0.6) is 5.75 Å². The largest absolute Gasteiger partial charge is 0.494 e. The summed E-state index contributed by atoms with van der Waals surface area (Å²) in [5, 5.41) is 6.91. The smallest absolute Gasteiger partial charge is 0.266 e. The van der Waals surface area contributed by atoms with Gasteiger partial charge in [0.15, 0.2) is 5.67 Å². The van der Waals surface area contributed by atoms with Crippen LogP contribution in [0.15, 0.2) is 22.7 Å². The lowest BCUT2D eigenvalue weighted by Crippen LogP contribution is -2.34. The van der Waals surface area contributed by atoms with Gasteiger partial charge in [0.1, 0.15) is 5.75 Å². The van der Waals surface area contributed by atoms with Crippen LogP contribution in [0, 0.1) is 12.8 Å². The van der Waals surface area contributed by atoms with Crippen LogP contribution in [0.3, 0.4) is 0 Å². The van der Waals surface area contributed by atoms with E-state index in [4.69, 9.17) is 15.0 Å². The highest BCUT2D eigenvalue weighted by Crippen LogP contribution is 2.28. The van der Waals surface area contributed by atoms with Gasteiger partial charge in [0.25, 0.3) is 17.7 Å². The first-order chi connectivity index (χ1) is 16.2. The molecule has 0 spiro atoms. The van der Waals surface area contributed by atoms with Crippen molar-refractivity contribution < 1.29 is 18.4 Å². The predicted octanol–water partition coefficient (Wildman–Crippen LogP) is 4.13. The van der Waals surface area contributed by atoms with Crippen molar-refractivity contribution in [2.75, 3.05) is 31.1 Å². The molecule has 0 bridgehead atoms. The van der Waals surface area contributed by atoms with Crippen molar-refractivity contribution in [1.82, 2.24) is 15.5 Å². The third-order valence-electron chi connectivity index (χ3n) is 6.27. The van der Waals surface area contributed by atoms with Crippen LogP contribution in [0.1, 0.15) is 74.7 Å². The van der Waals surface area contributed by atoms with E-state index in [0.717, 1.165) is 56.5 Å². The molecule has 1 atom stereocenters. The van der Waals surface area contributed by atoms with Gasteiger partial charge >= 0.3 is 0 Å². The van der Waals surface area contributed by atoms with Crippen LogP contribution < -0.4 is 20.7 Å². The first kappa shape index (κ1) is 25.9. The highest BCUT2D eigenvalue weighted by molar-refractivity contribution is 5.95. The SMILES string of the molecule is Cc1cc(OCCCC2CCN(c3noc(C(C)(C)F)n3)CC2)ccc1C(=O)NC(C)CCN. The number of benzene rings is 1. The normalized spacial score (nSPS) is 15.9. The fraction of sp³-hybridized carbons (Fsp3) is 0.640. The number of ether oxygens (including phenoxy) is 1. The number of amides is 1. The van der Waals surface area contributed by atoms with Crippen molar-refractivity contribution in [2.45, 2.75) is 71.5 Å². The van der Waals surface area contributed by atoms with Crippen molar-refractivity contribution in [2.24, 2.45) is 11.7 Å². The number of aryl methyl sites for hydroxylation is 1. The monoisotopic (exact) mass is 475 g/mol. The van der Waals surface area contributed by atoms with Crippen molar-refractivity contribution in [3.05, 3.63) is 35.2 Å². The van der Waals surface area contributed by atoms with Crippen molar-refractivity contribution in [1.29, 1.82) is 0 Å². The van der Waals surface area contributed by atoms with E-state index in [2.05, 4.69) is 20.4 Å². The lowest BCUT2D eigenvalue weighted by molar-refractivity contribution is 0.0938. The summed E-state index contributed by atoms with van der Waals surface area (Å²) < 4.78 is 25.0. The first-order valence-corrected chi connectivity index (χ1v) is 12.2. The standard InChI is InChI=1S/C25H38FN5O3/c1-17-16-20(7-8-21(17)22(32)28-18(2)9-12-27)33-15-5-6-19-10-13-31(14-11-19)24-29-23(34-30-24)25(3,4)26/h7-8,16,18-19H,5-6,9-15,27H2,1-4H3,(H,28,32). The lowest BCUT2D eigenvalue weighted by atomic mass is 9.92. The van der Waals surface area contributed by atoms with Crippen LogP contribution in [-0.2, 0) is 5.67 Å². The first-order valence-electron chi connectivity index (χ1n) is 12.2. The average Bonchev–Trinajstić information content (AvgIpc) is 3.28. The molecule has 1 fully saturated rings. The van der Waals surface area contributed by atoms with Gasteiger partial charge in [-0.2, -0.15) is 4.98 Å². The maximum Gasteiger partial charge on any atom is 0.266 e. The topological polar surface area (TPSA) is 107 Å². The van der Waals surface area contributed by atoms with E-state index in [1.807, 2.05) is 32.0 Å². The zero-order valence-electron chi connectivity index (χ0n) is 20.8. The van der Waals surface area contributed by atoms with E-state index < -0.39 is 5.67 Å². The van der Waals surface area contributed by atoms with Gasteiger partial charge in [0.05, 0.1) is 6.61 Å². The number of hydrogen-bond acceptors (Lipinski definition) is 7. The molecule has 8 nitrogen and oxygen atoms in total. The van der Waals surface area contributed by atoms with Crippen LogP contribution in [0.25, 0.3) is 0 Å². The van der Waals surface area contributed by atoms with E-state index in [1.165, 1.54) is 13.8 Å². The molecule has 188 valence electrons. The van der Waals surface area contributed by atoms with Crippen LogP contribution >= 0.6 is 0 Å². The van der Waals surface area contributed by atoms with E-state index in [0.29, 0.717) is 30.6 Å². The van der Waals surface area contributed by atoms with Gasteiger partial charge < -0.3 is 25.2 Å².